The van der Waals surface area contributed by atoms with Crippen molar-refractivity contribution in [2.45, 2.75) is 0 Å². The number of hydrogen-bond donors (Lipinski definition) is 2. The highest BCUT2D eigenvalue weighted by molar-refractivity contribution is 5.88. The van der Waals surface area contributed by atoms with Crippen LogP contribution >= 0.6 is 0 Å². The molecule has 21 heavy (non-hydrogen) atoms. The zero-order valence-electron chi connectivity index (χ0n) is 11.7. The maximum atomic E-state index is 11.6. The van der Waals surface area contributed by atoms with Crippen LogP contribution in [-0.2, 0) is 0 Å². The molecule has 2 aromatic rings. The predicted molar refractivity (Wildman–Crippen MR) is 79.7 cm³/mol. The Morgan fingerprint density at radius 2 is 1.90 bits per heavy atom. The smallest absolute Gasteiger partial charge is 0.320 e. The van der Waals surface area contributed by atoms with Crippen LogP contribution in [0.1, 0.15) is 0 Å². The molecular formula is C15H17N3O3. The van der Waals surface area contributed by atoms with Crippen molar-refractivity contribution in [1.29, 1.82) is 0 Å². The molecule has 0 unspecified atom stereocenters. The first-order valence-electron chi connectivity index (χ1n) is 6.50. The quantitative estimate of drug-likeness (QED) is 0.800. The lowest BCUT2D eigenvalue weighted by Crippen LogP contribution is -2.32. The molecule has 2 rings (SSSR count). The van der Waals surface area contributed by atoms with Crippen LogP contribution in [0.2, 0.25) is 0 Å². The van der Waals surface area contributed by atoms with Gasteiger partial charge in [0.05, 0.1) is 13.7 Å². The largest absolute Gasteiger partial charge is 0.497 e. The molecule has 1 aromatic carbocycles. The van der Waals surface area contributed by atoms with Gasteiger partial charge in [0.2, 0.25) is 0 Å². The fourth-order valence-electron chi connectivity index (χ4n) is 1.60. The van der Waals surface area contributed by atoms with E-state index >= 15 is 0 Å². The van der Waals surface area contributed by atoms with E-state index in [0.717, 1.165) is 11.5 Å². The molecule has 0 bridgehead atoms. The van der Waals surface area contributed by atoms with Crippen LogP contribution in [0.15, 0.2) is 48.7 Å². The highest BCUT2D eigenvalue weighted by Gasteiger charge is 2.01. The summed E-state index contributed by atoms with van der Waals surface area (Å²) in [4.78, 5) is 15.6. The lowest BCUT2D eigenvalue weighted by atomic mass is 10.3. The second kappa shape index (κ2) is 7.74. The maximum Gasteiger partial charge on any atom is 0.320 e. The van der Waals surface area contributed by atoms with Crippen LogP contribution in [0.5, 0.6) is 11.5 Å². The Balaban J connectivity index is 1.66. The summed E-state index contributed by atoms with van der Waals surface area (Å²) in [5.41, 5.74) is 0. The molecule has 6 heteroatoms. The average molecular weight is 287 g/mol. The first-order chi connectivity index (χ1) is 10.3. The van der Waals surface area contributed by atoms with E-state index in [4.69, 9.17) is 9.47 Å². The van der Waals surface area contributed by atoms with Gasteiger partial charge in [0.25, 0.3) is 0 Å². The number of nitrogens with one attached hydrogen (secondary N) is 2. The third-order valence-corrected chi connectivity index (χ3v) is 2.62. The number of urea groups is 1. The van der Waals surface area contributed by atoms with Gasteiger partial charge in [-0.3, -0.25) is 5.32 Å². The Morgan fingerprint density at radius 1 is 1.14 bits per heavy atom. The minimum Gasteiger partial charge on any atom is -0.497 e. The van der Waals surface area contributed by atoms with E-state index in [9.17, 15) is 4.79 Å². The Morgan fingerprint density at radius 3 is 2.57 bits per heavy atom. The van der Waals surface area contributed by atoms with E-state index in [2.05, 4.69) is 15.6 Å². The van der Waals surface area contributed by atoms with Crippen molar-refractivity contribution in [1.82, 2.24) is 10.3 Å². The van der Waals surface area contributed by atoms with Crippen LogP contribution in [0.3, 0.4) is 0 Å². The monoisotopic (exact) mass is 287 g/mol. The standard InChI is InChI=1S/C15H17N3O3/c1-20-12-5-7-13(8-6-12)21-11-10-17-15(19)18-14-4-2-3-9-16-14/h2-9H,10-11H2,1H3,(H2,16,17,18,19). The maximum absolute atomic E-state index is 11.6. The van der Waals surface area contributed by atoms with Gasteiger partial charge in [-0.05, 0) is 36.4 Å². The highest BCUT2D eigenvalue weighted by atomic mass is 16.5. The lowest BCUT2D eigenvalue weighted by Gasteiger charge is -2.09. The van der Waals surface area contributed by atoms with Crippen LogP contribution in [-0.4, -0.2) is 31.3 Å². The fourth-order valence-corrected chi connectivity index (χ4v) is 1.60. The molecule has 2 N–H and O–H groups in total. The Bertz CT molecular complexity index is 558. The van der Waals surface area contributed by atoms with Crippen molar-refractivity contribution in [3.8, 4) is 11.5 Å². The number of ether oxygens (including phenoxy) is 2. The number of carbonyl (C=O) groups is 1. The normalized spacial score (nSPS) is 9.76. The third kappa shape index (κ3) is 5.02. The summed E-state index contributed by atoms with van der Waals surface area (Å²) in [5, 5.41) is 5.31. The van der Waals surface area contributed by atoms with Gasteiger partial charge in [-0.15, -0.1) is 0 Å². The van der Waals surface area contributed by atoms with Crippen molar-refractivity contribution in [3.05, 3.63) is 48.7 Å². The van der Waals surface area contributed by atoms with Crippen LogP contribution in [0, 0.1) is 0 Å². The van der Waals surface area contributed by atoms with Crippen molar-refractivity contribution < 1.29 is 14.3 Å². The van der Waals surface area contributed by atoms with Crippen molar-refractivity contribution in [2.24, 2.45) is 0 Å². The molecule has 0 aliphatic heterocycles. The van der Waals surface area contributed by atoms with Gasteiger partial charge in [0.15, 0.2) is 0 Å². The van der Waals surface area contributed by atoms with E-state index in [1.165, 1.54) is 0 Å². The molecule has 0 saturated heterocycles. The number of rotatable bonds is 6. The van der Waals surface area contributed by atoms with Gasteiger partial charge in [-0.2, -0.15) is 0 Å². The first-order valence-corrected chi connectivity index (χ1v) is 6.50. The van der Waals surface area contributed by atoms with Gasteiger partial charge in [-0.25, -0.2) is 9.78 Å². The van der Waals surface area contributed by atoms with Crippen molar-refractivity contribution >= 4 is 11.8 Å². The van der Waals surface area contributed by atoms with E-state index in [0.29, 0.717) is 19.0 Å². The zero-order chi connectivity index (χ0) is 14.9. The number of aromatic nitrogens is 1. The second-order valence-corrected chi connectivity index (χ2v) is 4.12. The SMILES string of the molecule is COc1ccc(OCCNC(=O)Nc2ccccn2)cc1. The minimum absolute atomic E-state index is 0.313. The molecule has 0 aliphatic rings. The minimum atomic E-state index is -0.313. The number of methoxy groups -OCH3 is 1. The Kier molecular flexibility index (Phi) is 5.40. The number of nitrogens with zero attached hydrogens (tertiary/aromatic N) is 1. The van der Waals surface area contributed by atoms with E-state index in [1.807, 2.05) is 24.3 Å². The van der Waals surface area contributed by atoms with Crippen LogP contribution in [0.25, 0.3) is 0 Å². The molecule has 2 amide bonds. The summed E-state index contributed by atoms with van der Waals surface area (Å²) in [6.07, 6.45) is 1.61. The molecule has 0 saturated carbocycles. The summed E-state index contributed by atoms with van der Waals surface area (Å²) in [7, 11) is 1.61. The fraction of sp³-hybridized carbons (Fsp3) is 0.200. The first kappa shape index (κ1) is 14.6. The number of anilines is 1. The second-order valence-electron chi connectivity index (χ2n) is 4.12. The van der Waals surface area contributed by atoms with Gasteiger partial charge in [0.1, 0.15) is 23.9 Å². The molecular weight excluding hydrogens is 270 g/mol. The third-order valence-electron chi connectivity index (χ3n) is 2.62. The van der Waals surface area contributed by atoms with E-state index in [1.54, 1.807) is 31.5 Å². The number of amides is 2. The molecule has 0 radical (unpaired) electrons. The van der Waals surface area contributed by atoms with Crippen molar-refractivity contribution in [3.63, 3.8) is 0 Å². The molecule has 0 atom stereocenters. The van der Waals surface area contributed by atoms with Crippen molar-refractivity contribution in [2.75, 3.05) is 25.6 Å². The molecule has 0 spiro atoms. The Labute approximate surface area is 123 Å². The van der Waals surface area contributed by atoms with Crippen LogP contribution in [0.4, 0.5) is 10.6 Å². The summed E-state index contributed by atoms with van der Waals surface area (Å²) in [5.74, 6) is 2.00. The Hall–Kier alpha value is -2.76. The molecule has 1 heterocycles. The number of pyridine rings is 1. The number of carbonyl (C=O) groups excluding carboxylic acids is 1. The van der Waals surface area contributed by atoms with Gasteiger partial charge >= 0.3 is 6.03 Å². The molecule has 0 fully saturated rings. The molecule has 1 aromatic heterocycles. The lowest BCUT2D eigenvalue weighted by molar-refractivity contribution is 0.247. The van der Waals surface area contributed by atoms with Gasteiger partial charge < -0.3 is 14.8 Å². The molecule has 110 valence electrons. The summed E-state index contributed by atoms with van der Waals surface area (Å²) < 4.78 is 10.5. The van der Waals surface area contributed by atoms with E-state index < -0.39 is 0 Å². The molecule has 0 aliphatic carbocycles. The number of benzene rings is 1. The topological polar surface area (TPSA) is 72.5 Å². The summed E-state index contributed by atoms with van der Waals surface area (Å²) in [6.45, 7) is 0.770. The van der Waals surface area contributed by atoms with E-state index in [-0.39, 0.29) is 6.03 Å². The van der Waals surface area contributed by atoms with Gasteiger partial charge in [0, 0.05) is 6.20 Å². The number of hydrogen-bond acceptors (Lipinski definition) is 4. The highest BCUT2D eigenvalue weighted by Crippen LogP contribution is 2.16. The summed E-state index contributed by atoms with van der Waals surface area (Å²) >= 11 is 0. The van der Waals surface area contributed by atoms with Gasteiger partial charge in [-0.1, -0.05) is 6.07 Å². The zero-order valence-corrected chi connectivity index (χ0v) is 11.7. The summed E-state index contributed by atoms with van der Waals surface area (Å²) in [6, 6.07) is 12.2. The predicted octanol–water partition coefficient (Wildman–Crippen LogP) is 2.29. The average Bonchev–Trinajstić information content (AvgIpc) is 2.53. The van der Waals surface area contributed by atoms with Crippen LogP contribution < -0.4 is 20.1 Å². The molecule has 6 nitrogen and oxygen atoms in total.